The number of methoxy groups -OCH3 is 1. The second-order valence-corrected chi connectivity index (χ2v) is 5.66. The number of rotatable bonds is 4. The Hall–Kier alpha value is -2.11. The number of hydrogen-bond donors (Lipinski definition) is 0. The van der Waals surface area contributed by atoms with Gasteiger partial charge in [0.15, 0.2) is 0 Å². The largest absolute Gasteiger partial charge is 0.497 e. The molecule has 2 fully saturated rings. The van der Waals surface area contributed by atoms with Crippen LogP contribution in [0.2, 0.25) is 0 Å². The van der Waals surface area contributed by atoms with Crippen LogP contribution in [0, 0.1) is 16.0 Å². The Bertz CT molecular complexity index is 575. The van der Waals surface area contributed by atoms with Gasteiger partial charge in [-0.2, -0.15) is 0 Å². The topological polar surface area (TPSA) is 72.7 Å². The summed E-state index contributed by atoms with van der Waals surface area (Å²) in [6.45, 7) is 0.682. The smallest absolute Gasteiger partial charge is 0.233 e. The van der Waals surface area contributed by atoms with Crippen molar-refractivity contribution in [1.29, 1.82) is 0 Å². The monoisotopic (exact) mass is 290 g/mol. The second-order valence-electron chi connectivity index (χ2n) is 5.66. The Balaban J connectivity index is 1.76. The van der Waals surface area contributed by atoms with Crippen molar-refractivity contribution >= 4 is 5.91 Å². The van der Waals surface area contributed by atoms with E-state index in [1.54, 1.807) is 7.11 Å². The lowest BCUT2D eigenvalue weighted by Gasteiger charge is -2.25. The van der Waals surface area contributed by atoms with Crippen molar-refractivity contribution in [2.24, 2.45) is 5.92 Å². The van der Waals surface area contributed by atoms with E-state index >= 15 is 0 Å². The molecule has 2 aliphatic rings. The van der Waals surface area contributed by atoms with Gasteiger partial charge in [-0.1, -0.05) is 12.1 Å². The summed E-state index contributed by atoms with van der Waals surface area (Å²) in [6, 6.07) is 7.04. The van der Waals surface area contributed by atoms with Gasteiger partial charge in [0, 0.05) is 17.9 Å². The fourth-order valence-electron chi connectivity index (χ4n) is 3.12. The van der Waals surface area contributed by atoms with Crippen molar-refractivity contribution in [3.63, 3.8) is 0 Å². The molecule has 1 amide bonds. The third-order valence-electron chi connectivity index (χ3n) is 4.36. The normalized spacial score (nSPS) is 27.5. The Morgan fingerprint density at radius 3 is 2.95 bits per heavy atom. The van der Waals surface area contributed by atoms with E-state index in [0.717, 1.165) is 24.2 Å². The summed E-state index contributed by atoms with van der Waals surface area (Å²) in [6.07, 6.45) is 2.21. The van der Waals surface area contributed by atoms with Crippen molar-refractivity contribution in [3.05, 3.63) is 39.9 Å². The summed E-state index contributed by atoms with van der Waals surface area (Å²) < 4.78 is 5.23. The van der Waals surface area contributed by atoms with Crippen LogP contribution in [0.1, 0.15) is 30.9 Å². The first-order valence-corrected chi connectivity index (χ1v) is 7.19. The molecule has 112 valence electrons. The Labute approximate surface area is 122 Å². The average Bonchev–Trinajstić information content (AvgIpc) is 3.16. The van der Waals surface area contributed by atoms with Crippen LogP contribution in [0.4, 0.5) is 0 Å². The summed E-state index contributed by atoms with van der Waals surface area (Å²) in [7, 11) is 1.61. The molecule has 0 unspecified atom stereocenters. The number of hydrogen-bond acceptors (Lipinski definition) is 4. The highest BCUT2D eigenvalue weighted by Gasteiger charge is 2.55. The van der Waals surface area contributed by atoms with Crippen LogP contribution in [-0.4, -0.2) is 35.4 Å². The van der Waals surface area contributed by atoms with Crippen LogP contribution in [-0.2, 0) is 4.79 Å². The van der Waals surface area contributed by atoms with E-state index in [0.29, 0.717) is 13.0 Å². The van der Waals surface area contributed by atoms with Gasteiger partial charge in [-0.3, -0.25) is 14.9 Å². The first-order chi connectivity index (χ1) is 10.1. The number of carbonyl (C=O) groups is 1. The van der Waals surface area contributed by atoms with Gasteiger partial charge in [-0.05, 0) is 30.5 Å². The van der Waals surface area contributed by atoms with Crippen LogP contribution in [0.5, 0.6) is 5.75 Å². The lowest BCUT2D eigenvalue weighted by molar-refractivity contribution is -0.497. The highest BCUT2D eigenvalue weighted by molar-refractivity contribution is 5.82. The van der Waals surface area contributed by atoms with Crippen molar-refractivity contribution in [1.82, 2.24) is 4.90 Å². The molecule has 0 radical (unpaired) electrons. The first-order valence-electron chi connectivity index (χ1n) is 7.19. The Morgan fingerprint density at radius 2 is 2.29 bits per heavy atom. The molecule has 1 aliphatic heterocycles. The van der Waals surface area contributed by atoms with Crippen molar-refractivity contribution in [2.45, 2.75) is 31.3 Å². The quantitative estimate of drug-likeness (QED) is 0.628. The number of likely N-dealkylation sites (tertiary alicyclic amines) is 1. The minimum absolute atomic E-state index is 0.0144. The maximum absolute atomic E-state index is 12.5. The van der Waals surface area contributed by atoms with E-state index in [9.17, 15) is 14.9 Å². The molecule has 21 heavy (non-hydrogen) atoms. The van der Waals surface area contributed by atoms with Crippen LogP contribution in [0.3, 0.4) is 0 Å². The van der Waals surface area contributed by atoms with Gasteiger partial charge in [-0.25, -0.2) is 0 Å². The molecule has 1 aromatic rings. The molecule has 1 aromatic carbocycles. The van der Waals surface area contributed by atoms with E-state index in [2.05, 4.69) is 0 Å². The second kappa shape index (κ2) is 5.35. The zero-order valence-electron chi connectivity index (χ0n) is 11.9. The number of ether oxygens (including phenoxy) is 1. The molecule has 1 heterocycles. The third-order valence-corrected chi connectivity index (χ3v) is 4.36. The number of nitrogens with zero attached hydrogens (tertiary/aromatic N) is 2. The van der Waals surface area contributed by atoms with Gasteiger partial charge in [0.2, 0.25) is 11.9 Å². The van der Waals surface area contributed by atoms with Gasteiger partial charge in [0.05, 0.1) is 13.2 Å². The first kappa shape index (κ1) is 13.9. The molecule has 0 N–H and O–H groups in total. The highest BCUT2D eigenvalue weighted by atomic mass is 16.6. The molecule has 0 bridgehead atoms. The van der Waals surface area contributed by atoms with Gasteiger partial charge >= 0.3 is 0 Å². The summed E-state index contributed by atoms with van der Waals surface area (Å²) in [4.78, 5) is 24.7. The molecule has 1 saturated heterocycles. The zero-order chi connectivity index (χ0) is 15.0. The van der Waals surface area contributed by atoms with Crippen LogP contribution in [0.15, 0.2) is 24.3 Å². The molecular weight excluding hydrogens is 272 g/mol. The van der Waals surface area contributed by atoms with Gasteiger partial charge < -0.3 is 9.64 Å². The standard InChI is InChI=1S/C15H18N2O4/c1-21-11-5-2-4-10(8-11)13-6-3-7-16(13)15(18)12-9-14(12)17(19)20/h2,4-5,8,12-14H,3,6-7,9H2,1H3/t12-,13+,14+/m1/s1. The molecule has 1 aliphatic carbocycles. The lowest BCUT2D eigenvalue weighted by atomic mass is 10.0. The van der Waals surface area contributed by atoms with Gasteiger partial charge in [-0.15, -0.1) is 0 Å². The molecule has 3 rings (SSSR count). The van der Waals surface area contributed by atoms with Gasteiger partial charge in [0.1, 0.15) is 11.7 Å². The predicted octanol–water partition coefficient (Wildman–Crippen LogP) is 2.02. The van der Waals surface area contributed by atoms with Gasteiger partial charge in [0.25, 0.3) is 0 Å². The van der Waals surface area contributed by atoms with Crippen LogP contribution >= 0.6 is 0 Å². The van der Waals surface area contributed by atoms with E-state index in [1.165, 1.54) is 0 Å². The Kier molecular flexibility index (Phi) is 3.53. The van der Waals surface area contributed by atoms with E-state index in [1.807, 2.05) is 29.2 Å². The van der Waals surface area contributed by atoms with Crippen molar-refractivity contribution in [2.75, 3.05) is 13.7 Å². The molecule has 1 saturated carbocycles. The fraction of sp³-hybridized carbons (Fsp3) is 0.533. The number of amides is 1. The SMILES string of the molecule is COc1cccc([C@@H]2CCCN2C(=O)[C@@H]2C[C@@H]2[N+](=O)[O-])c1. The lowest BCUT2D eigenvalue weighted by Crippen LogP contribution is -2.33. The number of benzene rings is 1. The third kappa shape index (κ3) is 2.57. The van der Waals surface area contributed by atoms with Crippen molar-refractivity contribution in [3.8, 4) is 5.75 Å². The maximum Gasteiger partial charge on any atom is 0.233 e. The molecule has 0 aromatic heterocycles. The highest BCUT2D eigenvalue weighted by Crippen LogP contribution is 2.40. The van der Waals surface area contributed by atoms with Crippen LogP contribution < -0.4 is 4.74 Å². The molecule has 0 spiro atoms. The summed E-state index contributed by atoms with van der Waals surface area (Å²) in [5, 5.41) is 10.7. The Morgan fingerprint density at radius 1 is 1.48 bits per heavy atom. The van der Waals surface area contributed by atoms with Crippen LogP contribution in [0.25, 0.3) is 0 Å². The number of carbonyl (C=O) groups excluding carboxylic acids is 1. The fourth-order valence-corrected chi connectivity index (χ4v) is 3.12. The molecular formula is C15H18N2O4. The summed E-state index contributed by atoms with van der Waals surface area (Å²) >= 11 is 0. The summed E-state index contributed by atoms with van der Waals surface area (Å²) in [5.41, 5.74) is 1.04. The molecule has 3 atom stereocenters. The predicted molar refractivity (Wildman–Crippen MR) is 75.6 cm³/mol. The molecule has 6 nitrogen and oxygen atoms in total. The average molecular weight is 290 g/mol. The summed E-state index contributed by atoms with van der Waals surface area (Å²) in [5.74, 6) is 0.273. The van der Waals surface area contributed by atoms with E-state index in [4.69, 9.17) is 4.74 Å². The minimum Gasteiger partial charge on any atom is -0.497 e. The van der Waals surface area contributed by atoms with Crippen molar-refractivity contribution < 1.29 is 14.5 Å². The maximum atomic E-state index is 12.5. The molecule has 6 heteroatoms. The zero-order valence-corrected chi connectivity index (χ0v) is 11.9. The van der Waals surface area contributed by atoms with E-state index < -0.39 is 12.0 Å². The van der Waals surface area contributed by atoms with E-state index in [-0.39, 0.29) is 16.9 Å². The minimum atomic E-state index is -0.677. The number of nitro groups is 1.